The fraction of sp³-hybridized carbons (Fsp3) is 0.452. The summed E-state index contributed by atoms with van der Waals surface area (Å²) in [5.41, 5.74) is 2.50. The summed E-state index contributed by atoms with van der Waals surface area (Å²) in [5, 5.41) is 15.7. The Kier molecular flexibility index (Phi) is 9.44. The van der Waals surface area contributed by atoms with E-state index in [9.17, 15) is 27.6 Å². The van der Waals surface area contributed by atoms with Crippen LogP contribution in [0.2, 0.25) is 0 Å². The number of hydrogen-bond donors (Lipinski definition) is 3. The van der Waals surface area contributed by atoms with E-state index >= 15 is 0 Å². The van der Waals surface area contributed by atoms with Crippen LogP contribution in [-0.2, 0) is 28.0 Å². The maximum Gasteiger partial charge on any atom is 0.421 e. The number of carbonyl (C=O) groups is 1. The zero-order chi connectivity index (χ0) is 32.5. The van der Waals surface area contributed by atoms with Crippen molar-refractivity contribution in [2.24, 2.45) is 0 Å². The van der Waals surface area contributed by atoms with Gasteiger partial charge in [-0.3, -0.25) is 9.36 Å². The van der Waals surface area contributed by atoms with Crippen molar-refractivity contribution in [3.8, 4) is 5.75 Å². The van der Waals surface area contributed by atoms with Crippen LogP contribution in [0.15, 0.2) is 36.5 Å². The maximum atomic E-state index is 14.1. The maximum absolute atomic E-state index is 14.1. The Morgan fingerprint density at radius 1 is 1.11 bits per heavy atom. The number of alkyl halides is 3. The van der Waals surface area contributed by atoms with Gasteiger partial charge in [0.05, 0.1) is 36.8 Å². The average molecular weight is 648 g/mol. The number of halogens is 3. The van der Waals surface area contributed by atoms with Crippen LogP contribution in [0.5, 0.6) is 5.75 Å². The number of methoxy groups -OCH3 is 1. The van der Waals surface area contributed by atoms with E-state index in [1.54, 1.807) is 37.1 Å². The fourth-order valence-electron chi connectivity index (χ4n) is 6.03. The number of aliphatic hydroxyl groups excluding tert-OH is 1. The van der Waals surface area contributed by atoms with Gasteiger partial charge in [0.2, 0.25) is 13.3 Å². The molecular formula is C31H37F3N5O5P. The number of amides is 1. The summed E-state index contributed by atoms with van der Waals surface area (Å²) in [6.45, 7) is 3.97. The molecule has 1 saturated carbocycles. The van der Waals surface area contributed by atoms with Crippen molar-refractivity contribution in [1.29, 1.82) is 0 Å². The Morgan fingerprint density at radius 3 is 2.49 bits per heavy atom. The Hall–Kier alpha value is -3.67. The summed E-state index contributed by atoms with van der Waals surface area (Å²) in [5.74, 6) is -0.427. The second-order valence-corrected chi connectivity index (χ2v) is 14.2. The molecule has 0 saturated heterocycles. The number of nitrogens with zero attached hydrogens (tertiary/aromatic N) is 3. The predicted molar refractivity (Wildman–Crippen MR) is 165 cm³/mol. The van der Waals surface area contributed by atoms with Crippen LogP contribution in [0, 0.1) is 0 Å². The number of aliphatic hydroxyl groups is 1. The molecule has 1 aliphatic heterocycles. The number of hydrogen-bond acceptors (Lipinski definition) is 9. The van der Waals surface area contributed by atoms with Crippen LogP contribution in [0.25, 0.3) is 0 Å². The molecule has 45 heavy (non-hydrogen) atoms. The van der Waals surface area contributed by atoms with E-state index in [0.29, 0.717) is 42.4 Å². The molecular weight excluding hydrogens is 610 g/mol. The first kappa shape index (κ1) is 32.7. The van der Waals surface area contributed by atoms with Crippen LogP contribution in [0.4, 0.5) is 36.3 Å². The molecule has 242 valence electrons. The summed E-state index contributed by atoms with van der Waals surface area (Å²) in [7, 11) is 0.164. The number of ether oxygens (including phenoxy) is 1. The van der Waals surface area contributed by atoms with E-state index in [1.807, 2.05) is 6.07 Å². The monoisotopic (exact) mass is 647 g/mol. The van der Waals surface area contributed by atoms with Crippen LogP contribution in [0.3, 0.4) is 0 Å². The molecule has 3 aromatic rings. The van der Waals surface area contributed by atoms with Crippen LogP contribution >= 0.6 is 7.37 Å². The highest BCUT2D eigenvalue weighted by Gasteiger charge is 2.37. The summed E-state index contributed by atoms with van der Waals surface area (Å²) < 4.78 is 65.6. The third-order valence-electron chi connectivity index (χ3n) is 8.17. The molecule has 2 aromatic carbocycles. The minimum atomic E-state index is -4.77. The number of benzene rings is 2. The number of aromatic nitrogens is 2. The van der Waals surface area contributed by atoms with Gasteiger partial charge in [-0.1, -0.05) is 12.1 Å². The van der Waals surface area contributed by atoms with Crippen molar-refractivity contribution in [3.63, 3.8) is 0 Å². The summed E-state index contributed by atoms with van der Waals surface area (Å²) in [6, 6.07) is 8.42. The van der Waals surface area contributed by atoms with Crippen LogP contribution in [-0.4, -0.2) is 59.4 Å². The Balaban J connectivity index is 1.47. The summed E-state index contributed by atoms with van der Waals surface area (Å²) >= 11 is 0. The molecule has 0 bridgehead atoms. The SMILES string of the molecule is CCOP(C)(=O)Cc1ccc(Nc2nc(Nc3ccc([C@H]4CC[C@H](O)CC4)c4c3C(=O)N(C)C4)ncc2C(F)(F)F)c(OC)c1. The van der Waals surface area contributed by atoms with Gasteiger partial charge < -0.3 is 29.9 Å². The molecule has 10 nitrogen and oxygen atoms in total. The number of carbonyl (C=O) groups excluding carboxylic acids is 1. The zero-order valence-electron chi connectivity index (χ0n) is 25.6. The number of nitrogens with one attached hydrogen (secondary N) is 2. The molecule has 2 heterocycles. The zero-order valence-corrected chi connectivity index (χ0v) is 26.5. The quantitative estimate of drug-likeness (QED) is 0.199. The van der Waals surface area contributed by atoms with Gasteiger partial charge in [0.25, 0.3) is 5.91 Å². The minimum Gasteiger partial charge on any atom is -0.495 e. The van der Waals surface area contributed by atoms with E-state index in [4.69, 9.17) is 9.26 Å². The van der Waals surface area contributed by atoms with Crippen molar-refractivity contribution in [2.45, 2.75) is 63.5 Å². The lowest BCUT2D eigenvalue weighted by Crippen LogP contribution is -2.18. The van der Waals surface area contributed by atoms with Crippen LogP contribution < -0.4 is 15.4 Å². The topological polar surface area (TPSA) is 126 Å². The first-order valence-electron chi connectivity index (χ1n) is 14.7. The standard InChI is InChI=1S/C31H37F3N5O5P/c1-5-44-45(4,42)17-18-6-12-24(26(14-18)43-3)36-28-23(31(32,33)34)15-35-30(38-28)37-25-13-11-21(19-7-9-20(40)10-8-19)22-16-39(2)29(41)27(22)25/h6,11-15,19-20,40H,5,7-10,16-17H2,1-4H3,(H2,35,36,37,38)/t19-,20-,45?. The highest BCUT2D eigenvalue weighted by Crippen LogP contribution is 2.47. The smallest absolute Gasteiger partial charge is 0.421 e. The Labute approximate surface area is 259 Å². The average Bonchev–Trinajstić information content (AvgIpc) is 3.28. The molecule has 1 aromatic heterocycles. The molecule has 0 spiro atoms. The van der Waals surface area contributed by atoms with Crippen molar-refractivity contribution >= 4 is 36.4 Å². The molecule has 2 aliphatic rings. The molecule has 0 radical (unpaired) electrons. The lowest BCUT2D eigenvalue weighted by molar-refractivity contribution is -0.137. The fourth-order valence-corrected chi connectivity index (χ4v) is 7.53. The number of anilines is 4. The van der Waals surface area contributed by atoms with Crippen molar-refractivity contribution in [3.05, 3.63) is 64.3 Å². The third kappa shape index (κ3) is 7.26. The Morgan fingerprint density at radius 2 is 1.82 bits per heavy atom. The second-order valence-electron chi connectivity index (χ2n) is 11.6. The van der Waals surface area contributed by atoms with Gasteiger partial charge in [-0.15, -0.1) is 0 Å². The lowest BCUT2D eigenvalue weighted by Gasteiger charge is -2.27. The number of rotatable bonds is 10. The van der Waals surface area contributed by atoms with Crippen molar-refractivity contribution in [2.75, 3.05) is 38.1 Å². The van der Waals surface area contributed by atoms with Gasteiger partial charge >= 0.3 is 6.18 Å². The van der Waals surface area contributed by atoms with E-state index < -0.39 is 24.9 Å². The minimum absolute atomic E-state index is 0.132. The third-order valence-corrected chi connectivity index (χ3v) is 9.92. The summed E-state index contributed by atoms with van der Waals surface area (Å²) in [6.07, 6.45) is -1.26. The van der Waals surface area contributed by atoms with Gasteiger partial charge in [-0.2, -0.15) is 18.2 Å². The van der Waals surface area contributed by atoms with Gasteiger partial charge in [0.1, 0.15) is 17.1 Å². The molecule has 1 aliphatic carbocycles. The van der Waals surface area contributed by atoms with Gasteiger partial charge in [-0.25, -0.2) is 4.98 Å². The van der Waals surface area contributed by atoms with Gasteiger partial charge in [0, 0.05) is 32.6 Å². The first-order valence-corrected chi connectivity index (χ1v) is 17.0. The molecule has 1 amide bonds. The largest absolute Gasteiger partial charge is 0.495 e. The first-order chi connectivity index (χ1) is 21.3. The normalized spacial score (nSPS) is 19.6. The molecule has 1 unspecified atom stereocenters. The summed E-state index contributed by atoms with van der Waals surface area (Å²) in [4.78, 5) is 22.9. The molecule has 5 rings (SSSR count). The molecule has 14 heteroatoms. The predicted octanol–water partition coefficient (Wildman–Crippen LogP) is 7.04. The lowest BCUT2D eigenvalue weighted by atomic mass is 9.80. The van der Waals surface area contributed by atoms with Crippen molar-refractivity contribution < 1.29 is 36.9 Å². The molecule has 1 atom stereocenters. The van der Waals surface area contributed by atoms with Crippen molar-refractivity contribution in [1.82, 2.24) is 14.9 Å². The van der Waals surface area contributed by atoms with E-state index in [0.717, 1.165) is 24.0 Å². The van der Waals surface area contributed by atoms with Gasteiger partial charge in [-0.05, 0) is 73.4 Å². The molecule has 3 N–H and O–H groups in total. The van der Waals surface area contributed by atoms with Gasteiger partial charge in [0.15, 0.2) is 0 Å². The van der Waals surface area contributed by atoms with E-state index in [-0.39, 0.29) is 48.1 Å². The van der Waals surface area contributed by atoms with Crippen LogP contribution in [0.1, 0.15) is 71.1 Å². The highest BCUT2D eigenvalue weighted by atomic mass is 31.2. The Bertz CT molecular complexity index is 1630. The molecule has 1 fully saturated rings. The second kappa shape index (κ2) is 13.0. The number of fused-ring (bicyclic) bond motifs is 1. The highest BCUT2D eigenvalue weighted by molar-refractivity contribution is 7.57. The van der Waals surface area contributed by atoms with E-state index in [2.05, 4.69) is 20.6 Å². The van der Waals surface area contributed by atoms with E-state index in [1.165, 1.54) is 19.8 Å².